The van der Waals surface area contributed by atoms with Crippen LogP contribution in [0.4, 0.5) is 0 Å². The van der Waals surface area contributed by atoms with Gasteiger partial charge in [-0.3, -0.25) is 0 Å². The Labute approximate surface area is 163 Å². The van der Waals surface area contributed by atoms with Crippen LogP contribution in [0.25, 0.3) is 0 Å². The summed E-state index contributed by atoms with van der Waals surface area (Å²) in [6.07, 6.45) is 14.4. The van der Waals surface area contributed by atoms with E-state index in [4.69, 9.17) is 9.84 Å². The molecule has 0 aliphatic carbocycles. The molecule has 0 amide bonds. The van der Waals surface area contributed by atoms with Crippen molar-refractivity contribution in [1.82, 2.24) is 0 Å². The van der Waals surface area contributed by atoms with Gasteiger partial charge in [0.05, 0.1) is 13.2 Å². The first kappa shape index (κ1) is 25.3. The van der Waals surface area contributed by atoms with E-state index in [-0.39, 0.29) is 12.6 Å². The van der Waals surface area contributed by atoms with Crippen molar-refractivity contribution in [1.29, 1.82) is 0 Å². The summed E-state index contributed by atoms with van der Waals surface area (Å²) in [4.78, 5) is 0. The van der Waals surface area contributed by atoms with E-state index in [1.54, 1.807) is 0 Å². The Bertz CT molecular complexity index is 338. The van der Waals surface area contributed by atoms with E-state index in [2.05, 4.69) is 34.6 Å². The van der Waals surface area contributed by atoms with E-state index >= 15 is 0 Å². The van der Waals surface area contributed by atoms with Crippen molar-refractivity contribution in [2.45, 2.75) is 98.8 Å². The van der Waals surface area contributed by atoms with Crippen molar-refractivity contribution >= 4 is 0 Å². The van der Waals surface area contributed by atoms with Gasteiger partial charge in [-0.2, -0.15) is 0 Å². The Morgan fingerprint density at radius 3 is 1.58 bits per heavy atom. The average molecular weight is 371 g/mol. The number of aliphatic hydroxyl groups is 2. The van der Waals surface area contributed by atoms with Gasteiger partial charge in [0, 0.05) is 6.08 Å². The molecule has 26 heavy (non-hydrogen) atoms. The lowest BCUT2D eigenvalue weighted by Gasteiger charge is -2.16. The first-order valence-corrected chi connectivity index (χ1v) is 11.0. The van der Waals surface area contributed by atoms with Gasteiger partial charge in [0.2, 0.25) is 0 Å². The summed E-state index contributed by atoms with van der Waals surface area (Å²) in [5.41, 5.74) is 0. The molecule has 0 saturated carbocycles. The summed E-state index contributed by atoms with van der Waals surface area (Å²) in [5, 5.41) is 17.9. The number of hydrogen-bond donors (Lipinski definition) is 2. The molecule has 0 fully saturated rings. The maximum Gasteiger partial charge on any atom is 0.274 e. The lowest BCUT2D eigenvalue weighted by molar-refractivity contribution is 0.0814. The van der Waals surface area contributed by atoms with Crippen LogP contribution in [0.3, 0.4) is 0 Å². The molecule has 0 aromatic carbocycles. The smallest absolute Gasteiger partial charge is 0.274 e. The molecule has 0 bridgehead atoms. The quantitative estimate of drug-likeness (QED) is 0.275. The third-order valence-corrected chi connectivity index (χ3v) is 5.39. The van der Waals surface area contributed by atoms with Gasteiger partial charge in [0.1, 0.15) is 0 Å². The highest BCUT2D eigenvalue weighted by molar-refractivity contribution is 4.80. The summed E-state index contributed by atoms with van der Waals surface area (Å²) in [6, 6.07) is 0. The van der Waals surface area contributed by atoms with Gasteiger partial charge in [-0.05, 0) is 30.1 Å². The molecule has 0 aliphatic heterocycles. The monoisotopic (exact) mass is 370 g/mol. The van der Waals surface area contributed by atoms with Crippen LogP contribution in [0.15, 0.2) is 12.0 Å². The van der Waals surface area contributed by atoms with Crippen LogP contribution in [0.5, 0.6) is 0 Å². The fourth-order valence-electron chi connectivity index (χ4n) is 3.44. The Morgan fingerprint density at radius 1 is 0.731 bits per heavy atom. The van der Waals surface area contributed by atoms with Crippen molar-refractivity contribution in [3.8, 4) is 0 Å². The lowest BCUT2D eigenvalue weighted by atomic mass is 9.91. The molecular formula is C23H46O3. The minimum absolute atomic E-state index is 0.160. The predicted molar refractivity (Wildman–Crippen MR) is 112 cm³/mol. The van der Waals surface area contributed by atoms with Crippen LogP contribution in [0, 0.1) is 23.7 Å². The van der Waals surface area contributed by atoms with Crippen molar-refractivity contribution in [3.05, 3.63) is 12.0 Å². The van der Waals surface area contributed by atoms with Gasteiger partial charge in [-0.15, -0.1) is 0 Å². The number of rotatable bonds is 17. The highest BCUT2D eigenvalue weighted by atomic mass is 16.6. The molecule has 0 radical (unpaired) electrons. The Morgan fingerprint density at radius 2 is 1.15 bits per heavy atom. The molecule has 0 spiro atoms. The molecule has 0 heterocycles. The van der Waals surface area contributed by atoms with Crippen LogP contribution >= 0.6 is 0 Å². The second kappa shape index (κ2) is 16.5. The summed E-state index contributed by atoms with van der Waals surface area (Å²) in [7, 11) is 0. The Balaban J connectivity index is 3.58. The maximum absolute atomic E-state index is 9.28. The summed E-state index contributed by atoms with van der Waals surface area (Å²) < 4.78 is 5.15. The van der Waals surface area contributed by atoms with Crippen molar-refractivity contribution in [2.75, 3.05) is 13.2 Å². The molecule has 0 aliphatic rings. The van der Waals surface area contributed by atoms with E-state index < -0.39 is 0 Å². The highest BCUT2D eigenvalue weighted by Crippen LogP contribution is 2.22. The van der Waals surface area contributed by atoms with Gasteiger partial charge in [0.25, 0.3) is 5.95 Å². The SMILES string of the molecule is CC(C)CCC[C@@H](C)CCC[C@@H](C)CCCC(C)CCO/C(O)=C\CO. The number of aliphatic hydroxyl groups excluding tert-OH is 2. The standard InChI is InChI=1S/C23H46O3/c1-19(2)9-6-10-20(3)11-7-12-21(4)13-8-14-22(5)16-18-26-23(25)15-17-24/h15,19-22,24-25H,6-14,16-18H2,1-5H3/b23-15-/t20-,21-,22?/m1/s1. The second-order valence-corrected chi connectivity index (χ2v) is 8.86. The van der Waals surface area contributed by atoms with E-state index in [0.717, 1.165) is 24.2 Å². The van der Waals surface area contributed by atoms with Crippen LogP contribution < -0.4 is 0 Å². The number of hydrogen-bond acceptors (Lipinski definition) is 3. The molecule has 0 saturated heterocycles. The zero-order valence-corrected chi connectivity index (χ0v) is 18.2. The Hall–Kier alpha value is -0.700. The van der Waals surface area contributed by atoms with Crippen LogP contribution in [0.1, 0.15) is 98.8 Å². The van der Waals surface area contributed by atoms with Crippen LogP contribution in [0.2, 0.25) is 0 Å². The van der Waals surface area contributed by atoms with Gasteiger partial charge in [-0.1, -0.05) is 92.4 Å². The fraction of sp³-hybridized carbons (Fsp3) is 0.913. The predicted octanol–water partition coefficient (Wildman–Crippen LogP) is 6.86. The minimum atomic E-state index is -0.185. The van der Waals surface area contributed by atoms with Crippen molar-refractivity contribution < 1.29 is 14.9 Å². The van der Waals surface area contributed by atoms with Gasteiger partial charge >= 0.3 is 0 Å². The summed E-state index contributed by atoms with van der Waals surface area (Å²) in [6.45, 7) is 12.0. The molecule has 0 aromatic rings. The molecule has 3 heteroatoms. The molecule has 3 atom stereocenters. The molecule has 1 unspecified atom stereocenters. The summed E-state index contributed by atoms with van der Waals surface area (Å²) >= 11 is 0. The Kier molecular flexibility index (Phi) is 16.0. The zero-order valence-electron chi connectivity index (χ0n) is 18.2. The van der Waals surface area contributed by atoms with Gasteiger partial charge in [-0.25, -0.2) is 0 Å². The van der Waals surface area contributed by atoms with E-state index in [0.29, 0.717) is 12.5 Å². The zero-order chi connectivity index (χ0) is 19.8. The number of ether oxygens (including phenoxy) is 1. The first-order chi connectivity index (χ1) is 12.3. The first-order valence-electron chi connectivity index (χ1n) is 11.0. The highest BCUT2D eigenvalue weighted by Gasteiger charge is 2.08. The molecular weight excluding hydrogens is 324 g/mol. The molecule has 0 rings (SSSR count). The third kappa shape index (κ3) is 16.8. The van der Waals surface area contributed by atoms with Crippen molar-refractivity contribution in [2.24, 2.45) is 23.7 Å². The molecule has 156 valence electrons. The average Bonchev–Trinajstić information content (AvgIpc) is 2.54. The van der Waals surface area contributed by atoms with Gasteiger partial charge < -0.3 is 14.9 Å². The maximum atomic E-state index is 9.28. The summed E-state index contributed by atoms with van der Waals surface area (Å²) in [5.74, 6) is 3.02. The fourth-order valence-corrected chi connectivity index (χ4v) is 3.44. The molecule has 3 nitrogen and oxygen atoms in total. The third-order valence-electron chi connectivity index (χ3n) is 5.39. The molecule has 0 aromatic heterocycles. The minimum Gasteiger partial charge on any atom is -0.481 e. The largest absolute Gasteiger partial charge is 0.481 e. The van der Waals surface area contributed by atoms with E-state index in [1.807, 2.05) is 0 Å². The topological polar surface area (TPSA) is 49.7 Å². The normalized spacial score (nSPS) is 15.9. The van der Waals surface area contributed by atoms with Crippen molar-refractivity contribution in [3.63, 3.8) is 0 Å². The lowest BCUT2D eigenvalue weighted by Crippen LogP contribution is -2.04. The van der Waals surface area contributed by atoms with E-state index in [1.165, 1.54) is 63.9 Å². The van der Waals surface area contributed by atoms with Gasteiger partial charge in [0.15, 0.2) is 0 Å². The second-order valence-electron chi connectivity index (χ2n) is 8.86. The molecule has 2 N–H and O–H groups in total. The van der Waals surface area contributed by atoms with Crippen LogP contribution in [-0.4, -0.2) is 23.4 Å². The van der Waals surface area contributed by atoms with Crippen LogP contribution in [-0.2, 0) is 4.74 Å². The van der Waals surface area contributed by atoms with E-state index in [9.17, 15) is 5.11 Å².